The summed E-state index contributed by atoms with van der Waals surface area (Å²) in [7, 11) is 3.17. The van der Waals surface area contributed by atoms with Crippen molar-refractivity contribution in [2.45, 2.75) is 62.6 Å². The van der Waals surface area contributed by atoms with Crippen LogP contribution in [0.5, 0.6) is 0 Å². The molecule has 2 heterocycles. The fourth-order valence-electron chi connectivity index (χ4n) is 7.88. The van der Waals surface area contributed by atoms with Gasteiger partial charge in [-0.25, -0.2) is 4.39 Å². The Morgan fingerprint density at radius 1 is 0.960 bits per heavy atom. The summed E-state index contributed by atoms with van der Waals surface area (Å²) in [5.41, 5.74) is 3.99. The zero-order chi connectivity index (χ0) is 35.2. The highest BCUT2D eigenvalue weighted by Gasteiger charge is 2.54. The van der Waals surface area contributed by atoms with E-state index in [-0.39, 0.29) is 48.1 Å². The molecule has 50 heavy (non-hydrogen) atoms. The molecule has 1 aromatic heterocycles. The molecule has 4 atom stereocenters. The molecule has 3 N–H and O–H groups in total. The fraction of sp³-hybridized carbons (Fsp3) is 0.368. The molecule has 1 aliphatic heterocycles. The highest BCUT2D eigenvalue weighted by molar-refractivity contribution is 5.95. The van der Waals surface area contributed by atoms with Crippen LogP contribution < -0.4 is 16.0 Å². The van der Waals surface area contributed by atoms with Crippen LogP contribution in [0.2, 0.25) is 0 Å². The van der Waals surface area contributed by atoms with E-state index in [4.69, 9.17) is 4.42 Å². The van der Waals surface area contributed by atoms with Gasteiger partial charge in [-0.2, -0.15) is 5.26 Å². The van der Waals surface area contributed by atoms with E-state index in [1.165, 1.54) is 12.1 Å². The van der Waals surface area contributed by atoms with Gasteiger partial charge in [0, 0.05) is 42.9 Å². The second-order valence-electron chi connectivity index (χ2n) is 13.5. The maximum absolute atomic E-state index is 13.8. The molecule has 1 saturated heterocycles. The molecule has 0 spiro atoms. The molecule has 12 heteroatoms. The highest BCUT2D eigenvalue weighted by atomic mass is 19.1. The predicted molar refractivity (Wildman–Crippen MR) is 181 cm³/mol. The Morgan fingerprint density at radius 3 is 2.16 bits per heavy atom. The van der Waals surface area contributed by atoms with Gasteiger partial charge < -0.3 is 25.3 Å². The first-order chi connectivity index (χ1) is 24.2. The van der Waals surface area contributed by atoms with Gasteiger partial charge in [0.05, 0.1) is 12.6 Å². The predicted octanol–water partition coefficient (Wildman–Crippen LogP) is 3.91. The number of likely N-dealkylation sites (tertiary alicyclic amines) is 1. The molecule has 2 fully saturated rings. The van der Waals surface area contributed by atoms with Crippen molar-refractivity contribution in [3.63, 3.8) is 0 Å². The van der Waals surface area contributed by atoms with Crippen LogP contribution in [-0.2, 0) is 23.1 Å². The van der Waals surface area contributed by atoms with Crippen molar-refractivity contribution < 1.29 is 23.2 Å². The lowest BCUT2D eigenvalue weighted by atomic mass is 9.68. The summed E-state index contributed by atoms with van der Waals surface area (Å²) in [6.07, 6.45) is 3.16. The van der Waals surface area contributed by atoms with Gasteiger partial charge in [0.1, 0.15) is 17.3 Å². The minimum absolute atomic E-state index is 0.0498. The Kier molecular flexibility index (Phi) is 8.70. The van der Waals surface area contributed by atoms with E-state index in [9.17, 15) is 24.0 Å². The highest BCUT2D eigenvalue weighted by Crippen LogP contribution is 2.49. The van der Waals surface area contributed by atoms with Crippen LogP contribution in [0.15, 0.2) is 65.1 Å². The number of halogens is 1. The first kappa shape index (κ1) is 33.1. The lowest BCUT2D eigenvalue weighted by Crippen LogP contribution is -2.46. The van der Waals surface area contributed by atoms with Gasteiger partial charge in [0.25, 0.3) is 11.8 Å². The monoisotopic (exact) mass is 675 g/mol. The number of fused-ring (bicyclic) bond motifs is 3. The number of nitrogens with zero attached hydrogens (tertiary/aromatic N) is 4. The molecule has 0 radical (unpaired) electrons. The number of hydrogen-bond donors (Lipinski definition) is 3. The topological polar surface area (TPSA) is 153 Å². The molecule has 0 unspecified atom stereocenters. The summed E-state index contributed by atoms with van der Waals surface area (Å²) >= 11 is 0. The Morgan fingerprint density at radius 2 is 1.58 bits per heavy atom. The number of rotatable bonds is 9. The Balaban J connectivity index is 1.35. The van der Waals surface area contributed by atoms with E-state index in [0.717, 1.165) is 35.1 Å². The van der Waals surface area contributed by atoms with Gasteiger partial charge in [-0.3, -0.25) is 14.4 Å². The molecular weight excluding hydrogens is 637 g/mol. The Labute approximate surface area is 289 Å². The van der Waals surface area contributed by atoms with Crippen molar-refractivity contribution in [3.05, 3.63) is 106 Å². The Bertz CT molecular complexity index is 1950. The third-order valence-corrected chi connectivity index (χ3v) is 10.4. The number of nitriles is 1. The minimum atomic E-state index is -1.09. The third-order valence-electron chi connectivity index (χ3n) is 10.4. The molecule has 3 aromatic carbocycles. The van der Waals surface area contributed by atoms with E-state index >= 15 is 0 Å². The lowest BCUT2D eigenvalue weighted by Gasteiger charge is -2.36. The second kappa shape index (κ2) is 13.1. The van der Waals surface area contributed by atoms with Crippen LogP contribution in [0.25, 0.3) is 11.5 Å². The average molecular weight is 676 g/mol. The second-order valence-corrected chi connectivity index (χ2v) is 13.5. The van der Waals surface area contributed by atoms with Crippen molar-refractivity contribution >= 4 is 17.7 Å². The summed E-state index contributed by atoms with van der Waals surface area (Å²) in [5, 5.41) is 27.6. The average Bonchev–Trinajstić information content (AvgIpc) is 3.57. The molecule has 256 valence electrons. The number of carbonyl (C=O) groups excluding carboxylic acids is 3. The van der Waals surface area contributed by atoms with Crippen LogP contribution in [0.3, 0.4) is 0 Å². The largest absolute Gasteiger partial charge is 0.419 e. The number of aromatic nitrogens is 2. The summed E-state index contributed by atoms with van der Waals surface area (Å²) in [6.45, 7) is 2.04. The summed E-state index contributed by atoms with van der Waals surface area (Å²) in [6, 6.07) is 18.7. The molecule has 4 aromatic rings. The third kappa shape index (κ3) is 5.81. The zero-order valence-corrected chi connectivity index (χ0v) is 28.1. The lowest BCUT2D eigenvalue weighted by molar-refractivity contribution is -0.131. The summed E-state index contributed by atoms with van der Waals surface area (Å²) in [4.78, 5) is 40.8. The first-order valence-corrected chi connectivity index (χ1v) is 16.9. The normalized spacial score (nSPS) is 20.4. The number of hydrogen-bond acceptors (Lipinski definition) is 8. The van der Waals surface area contributed by atoms with Gasteiger partial charge in [-0.15, -0.1) is 10.2 Å². The van der Waals surface area contributed by atoms with Crippen molar-refractivity contribution in [2.24, 2.45) is 5.92 Å². The van der Waals surface area contributed by atoms with E-state index in [1.54, 1.807) is 43.3 Å². The van der Waals surface area contributed by atoms with E-state index < -0.39 is 17.3 Å². The molecule has 2 aliphatic carbocycles. The van der Waals surface area contributed by atoms with Gasteiger partial charge in [0.2, 0.25) is 17.7 Å². The Hall–Kier alpha value is -5.41. The molecule has 0 bridgehead atoms. The van der Waals surface area contributed by atoms with Crippen LogP contribution in [0.1, 0.15) is 75.0 Å². The van der Waals surface area contributed by atoms with Crippen molar-refractivity contribution in [1.29, 1.82) is 5.26 Å². The number of carbonyl (C=O) groups is 3. The van der Waals surface area contributed by atoms with Crippen LogP contribution in [-0.4, -0.2) is 71.6 Å². The van der Waals surface area contributed by atoms with Crippen LogP contribution in [0, 0.1) is 23.1 Å². The number of aryl methyl sites for hydroxylation is 2. The summed E-state index contributed by atoms with van der Waals surface area (Å²) in [5.74, 6) is -0.0305. The SMILES string of the molecule is CNC(=O)c1ccc2c(c1)CCc1cc(C(=O)NC)ccc1C2(C[C@@H](C)NCC(=O)N1[C@H](C#N)C[C@@H]2C[C@@H]21)c1nnc(-c2ccc(F)cc2)o1. The van der Waals surface area contributed by atoms with Crippen LogP contribution >= 0.6 is 0 Å². The zero-order valence-electron chi connectivity index (χ0n) is 28.1. The number of amides is 3. The van der Waals surface area contributed by atoms with Crippen LogP contribution in [0.4, 0.5) is 4.39 Å². The van der Waals surface area contributed by atoms with Gasteiger partial charge in [-0.1, -0.05) is 12.1 Å². The first-order valence-electron chi connectivity index (χ1n) is 16.9. The van der Waals surface area contributed by atoms with Crippen molar-refractivity contribution in [3.8, 4) is 17.5 Å². The van der Waals surface area contributed by atoms with Gasteiger partial charge in [-0.05, 0) is 116 Å². The van der Waals surface area contributed by atoms with Gasteiger partial charge in [0.15, 0.2) is 0 Å². The smallest absolute Gasteiger partial charge is 0.251 e. The minimum Gasteiger partial charge on any atom is -0.419 e. The molecule has 1 saturated carbocycles. The van der Waals surface area contributed by atoms with E-state index in [2.05, 4.69) is 32.2 Å². The quantitative estimate of drug-likeness (QED) is 0.242. The standard InChI is InChI=1S/C38H38FN7O4/c1-21(43-20-33(47)46-29(19-40)16-27-17-32(27)46)18-38(37-45-44-36(50-37)22-6-10-28(39)11-7-22)30-12-8-25(34(48)41-2)14-23(30)4-5-24-15-26(35(49)42-3)9-13-31(24)38/h6-15,21,27,29,32,43H,4-5,16-18,20H2,1-3H3,(H,41,48)(H,42,49)/t21-,27-,29+,32+/m1/s1. The summed E-state index contributed by atoms with van der Waals surface area (Å²) < 4.78 is 20.4. The fourth-order valence-corrected chi connectivity index (χ4v) is 7.88. The number of piperidine rings is 1. The number of benzene rings is 3. The molecule has 3 aliphatic rings. The number of nitrogens with one attached hydrogen (secondary N) is 3. The van der Waals surface area contributed by atoms with Gasteiger partial charge >= 0.3 is 0 Å². The van der Waals surface area contributed by atoms with E-state index in [1.807, 2.05) is 31.2 Å². The molecule has 7 rings (SSSR count). The van der Waals surface area contributed by atoms with E-state index in [0.29, 0.717) is 41.9 Å². The maximum Gasteiger partial charge on any atom is 0.251 e. The molecule has 3 amide bonds. The molecule has 11 nitrogen and oxygen atoms in total. The molecular formula is C38H38FN7O4. The maximum atomic E-state index is 13.8. The van der Waals surface area contributed by atoms with Crippen molar-refractivity contribution in [1.82, 2.24) is 31.0 Å². The van der Waals surface area contributed by atoms with Crippen molar-refractivity contribution in [2.75, 3.05) is 20.6 Å².